The lowest BCUT2D eigenvalue weighted by Gasteiger charge is -2.14. The molecule has 2 aromatic rings. The van der Waals surface area contributed by atoms with Crippen molar-refractivity contribution in [2.45, 2.75) is 12.5 Å². The van der Waals surface area contributed by atoms with Crippen molar-refractivity contribution in [1.82, 2.24) is 0 Å². The molecule has 0 aliphatic rings. The third kappa shape index (κ3) is 4.67. The van der Waals surface area contributed by atoms with Gasteiger partial charge in [0.15, 0.2) is 23.0 Å². The molecule has 0 amide bonds. The van der Waals surface area contributed by atoms with Crippen LogP contribution in [0.2, 0.25) is 0 Å². The standard InChI is InChI=1S/C18H16O8/c19-12-6-4-10(8-14(12)21)5-7-16(22)26-15(18(24)25)9-11-2-1-3-13(20)17(11)23/h1-8,15,19-21,23H,9H2,(H,24,25)/b7-5+/t15-/m0/s1. The molecule has 1 atom stereocenters. The first-order valence-corrected chi connectivity index (χ1v) is 7.41. The van der Waals surface area contributed by atoms with E-state index in [9.17, 15) is 35.1 Å². The van der Waals surface area contributed by atoms with Gasteiger partial charge in [0.2, 0.25) is 6.10 Å². The van der Waals surface area contributed by atoms with Crippen molar-refractivity contribution in [1.29, 1.82) is 0 Å². The van der Waals surface area contributed by atoms with Crippen LogP contribution in [0, 0.1) is 0 Å². The molecule has 0 fully saturated rings. The van der Waals surface area contributed by atoms with Crippen molar-refractivity contribution in [3.63, 3.8) is 0 Å². The van der Waals surface area contributed by atoms with Gasteiger partial charge >= 0.3 is 11.9 Å². The molecule has 0 unspecified atom stereocenters. The van der Waals surface area contributed by atoms with Crippen LogP contribution in [-0.2, 0) is 20.7 Å². The van der Waals surface area contributed by atoms with Gasteiger partial charge in [-0.05, 0) is 29.8 Å². The van der Waals surface area contributed by atoms with Crippen molar-refractivity contribution >= 4 is 18.0 Å². The summed E-state index contributed by atoms with van der Waals surface area (Å²) in [5.41, 5.74) is 0.493. The average Bonchev–Trinajstić information content (AvgIpc) is 2.59. The van der Waals surface area contributed by atoms with Crippen LogP contribution in [0.15, 0.2) is 42.5 Å². The number of para-hydroxylation sites is 1. The van der Waals surface area contributed by atoms with Gasteiger partial charge in [-0.25, -0.2) is 9.59 Å². The van der Waals surface area contributed by atoms with Crippen LogP contribution in [0.4, 0.5) is 0 Å². The quantitative estimate of drug-likeness (QED) is 0.298. The van der Waals surface area contributed by atoms with Gasteiger partial charge in [-0.15, -0.1) is 0 Å². The molecule has 0 saturated heterocycles. The van der Waals surface area contributed by atoms with Crippen LogP contribution in [0.5, 0.6) is 23.0 Å². The van der Waals surface area contributed by atoms with Crippen LogP contribution in [0.25, 0.3) is 6.08 Å². The number of carboxylic acids is 1. The number of hydrogen-bond acceptors (Lipinski definition) is 7. The smallest absolute Gasteiger partial charge is 0.345 e. The number of phenolic OH excluding ortho intramolecular Hbond substituents is 4. The molecule has 2 aromatic carbocycles. The van der Waals surface area contributed by atoms with Crippen molar-refractivity contribution in [2.75, 3.05) is 0 Å². The molecule has 26 heavy (non-hydrogen) atoms. The van der Waals surface area contributed by atoms with E-state index < -0.39 is 29.5 Å². The molecule has 0 aliphatic carbocycles. The second-order valence-electron chi connectivity index (χ2n) is 5.33. The van der Waals surface area contributed by atoms with Gasteiger partial charge in [-0.3, -0.25) is 0 Å². The van der Waals surface area contributed by atoms with Gasteiger partial charge in [0.25, 0.3) is 0 Å². The zero-order chi connectivity index (χ0) is 19.3. The second kappa shape index (κ2) is 7.93. The van der Waals surface area contributed by atoms with Gasteiger partial charge in [0, 0.05) is 18.1 Å². The van der Waals surface area contributed by atoms with Crippen LogP contribution < -0.4 is 0 Å². The second-order valence-corrected chi connectivity index (χ2v) is 5.33. The molecule has 0 bridgehead atoms. The summed E-state index contributed by atoms with van der Waals surface area (Å²) < 4.78 is 4.86. The summed E-state index contributed by atoms with van der Waals surface area (Å²) >= 11 is 0. The number of aliphatic carboxylic acids is 1. The van der Waals surface area contributed by atoms with E-state index in [2.05, 4.69) is 0 Å². The number of phenols is 4. The normalized spacial score (nSPS) is 12.0. The van der Waals surface area contributed by atoms with E-state index in [0.717, 1.165) is 6.08 Å². The van der Waals surface area contributed by atoms with Gasteiger partial charge < -0.3 is 30.3 Å². The summed E-state index contributed by atoms with van der Waals surface area (Å²) in [5, 5.41) is 46.9. The number of benzene rings is 2. The van der Waals surface area contributed by atoms with Crippen LogP contribution >= 0.6 is 0 Å². The lowest BCUT2D eigenvalue weighted by atomic mass is 10.1. The maximum absolute atomic E-state index is 11.8. The van der Waals surface area contributed by atoms with Crippen LogP contribution in [0.1, 0.15) is 11.1 Å². The summed E-state index contributed by atoms with van der Waals surface area (Å²) in [5.74, 6) is -3.96. The summed E-state index contributed by atoms with van der Waals surface area (Å²) in [6.45, 7) is 0. The summed E-state index contributed by atoms with van der Waals surface area (Å²) in [6, 6.07) is 7.91. The lowest BCUT2D eigenvalue weighted by molar-refractivity contribution is -0.160. The average molecular weight is 360 g/mol. The highest BCUT2D eigenvalue weighted by Crippen LogP contribution is 2.29. The molecule has 0 spiro atoms. The third-order valence-corrected chi connectivity index (χ3v) is 3.45. The van der Waals surface area contributed by atoms with Crippen molar-refractivity contribution in [3.05, 3.63) is 53.6 Å². The van der Waals surface area contributed by atoms with Gasteiger partial charge in [0.05, 0.1) is 0 Å². The van der Waals surface area contributed by atoms with Crippen molar-refractivity contribution in [2.24, 2.45) is 0 Å². The minimum atomic E-state index is -1.58. The number of carboxylic acid groups (broad SMARTS) is 1. The maximum atomic E-state index is 11.8. The van der Waals surface area contributed by atoms with Crippen molar-refractivity contribution < 1.29 is 39.9 Å². The topological polar surface area (TPSA) is 145 Å². The molecular formula is C18H16O8. The number of carbonyl (C=O) groups excluding carboxylic acids is 1. The molecule has 0 radical (unpaired) electrons. The predicted molar refractivity (Wildman–Crippen MR) is 89.8 cm³/mol. The molecule has 136 valence electrons. The highest BCUT2D eigenvalue weighted by molar-refractivity contribution is 5.89. The molecule has 8 heteroatoms. The Bertz CT molecular complexity index is 856. The molecule has 0 saturated carbocycles. The van der Waals surface area contributed by atoms with E-state index in [1.807, 2.05) is 0 Å². The van der Waals surface area contributed by atoms with Crippen LogP contribution in [0.3, 0.4) is 0 Å². The van der Waals surface area contributed by atoms with Gasteiger partial charge in [-0.2, -0.15) is 0 Å². The molecular weight excluding hydrogens is 344 g/mol. The zero-order valence-corrected chi connectivity index (χ0v) is 13.4. The minimum Gasteiger partial charge on any atom is -0.504 e. The Balaban J connectivity index is 2.08. The number of hydrogen-bond donors (Lipinski definition) is 5. The zero-order valence-electron chi connectivity index (χ0n) is 13.4. The van der Waals surface area contributed by atoms with E-state index in [1.54, 1.807) is 0 Å². The largest absolute Gasteiger partial charge is 0.504 e. The summed E-state index contributed by atoms with van der Waals surface area (Å²) in [4.78, 5) is 23.1. The third-order valence-electron chi connectivity index (χ3n) is 3.45. The fourth-order valence-corrected chi connectivity index (χ4v) is 2.11. The first-order valence-electron chi connectivity index (χ1n) is 7.41. The van der Waals surface area contributed by atoms with Gasteiger partial charge in [0.1, 0.15) is 0 Å². The van der Waals surface area contributed by atoms with E-state index in [-0.39, 0.29) is 23.5 Å². The maximum Gasteiger partial charge on any atom is 0.345 e. The monoisotopic (exact) mass is 360 g/mol. The predicted octanol–water partition coefficient (Wildman–Crippen LogP) is 1.76. The van der Waals surface area contributed by atoms with E-state index in [4.69, 9.17) is 4.74 Å². The Morgan fingerprint density at radius 1 is 1.00 bits per heavy atom. The Morgan fingerprint density at radius 3 is 2.38 bits per heavy atom. The van der Waals surface area contributed by atoms with E-state index in [1.165, 1.54) is 42.5 Å². The Morgan fingerprint density at radius 2 is 1.73 bits per heavy atom. The first-order chi connectivity index (χ1) is 12.3. The number of rotatable bonds is 6. The lowest BCUT2D eigenvalue weighted by Crippen LogP contribution is -2.28. The van der Waals surface area contributed by atoms with Crippen molar-refractivity contribution in [3.8, 4) is 23.0 Å². The summed E-state index contributed by atoms with van der Waals surface area (Å²) in [7, 11) is 0. The fourth-order valence-electron chi connectivity index (χ4n) is 2.11. The Labute approximate surface area is 147 Å². The number of ether oxygens (including phenoxy) is 1. The Kier molecular flexibility index (Phi) is 5.69. The van der Waals surface area contributed by atoms with Gasteiger partial charge in [-0.1, -0.05) is 18.2 Å². The molecule has 0 aliphatic heterocycles. The molecule has 2 rings (SSSR count). The molecule has 0 heterocycles. The number of esters is 1. The highest BCUT2D eigenvalue weighted by Gasteiger charge is 2.23. The first kappa shape index (κ1) is 18.7. The minimum absolute atomic E-state index is 0.109. The molecule has 0 aromatic heterocycles. The highest BCUT2D eigenvalue weighted by atomic mass is 16.6. The Hall–Kier alpha value is -3.68. The summed E-state index contributed by atoms with van der Waals surface area (Å²) in [6.07, 6.45) is 0.318. The van der Waals surface area contributed by atoms with Crippen LogP contribution in [-0.4, -0.2) is 43.6 Å². The molecule has 8 nitrogen and oxygen atoms in total. The SMILES string of the molecule is O=C(/C=C/c1ccc(O)c(O)c1)O[C@@H](Cc1cccc(O)c1O)C(=O)O. The molecule has 5 N–H and O–H groups in total. The van der Waals surface area contributed by atoms with E-state index >= 15 is 0 Å². The number of aromatic hydroxyl groups is 4. The number of carbonyl (C=O) groups is 2. The fraction of sp³-hybridized carbons (Fsp3) is 0.111. The van der Waals surface area contributed by atoms with E-state index in [0.29, 0.717) is 5.56 Å².